The summed E-state index contributed by atoms with van der Waals surface area (Å²) in [4.78, 5) is 72.9. The van der Waals surface area contributed by atoms with E-state index in [1.54, 1.807) is 0 Å². The first-order valence-electron chi connectivity index (χ1n) is 39.1. The topological polar surface area (TPSA) is 237 Å². The Morgan fingerprint density at radius 3 is 0.814 bits per heavy atom. The lowest BCUT2D eigenvalue weighted by atomic mass is 10.0. The summed E-state index contributed by atoms with van der Waals surface area (Å²) in [6.07, 6.45) is 84.1. The normalized spacial score (nSPS) is 14.7. The van der Waals surface area contributed by atoms with Crippen molar-refractivity contribution in [2.24, 2.45) is 0 Å². The van der Waals surface area contributed by atoms with E-state index in [9.17, 15) is 43.2 Å². The number of esters is 4. The minimum atomic E-state index is -4.99. The van der Waals surface area contributed by atoms with Crippen LogP contribution >= 0.6 is 15.6 Å². The monoisotopic (exact) mass is 1470 g/mol. The highest BCUT2D eigenvalue weighted by atomic mass is 31.2. The van der Waals surface area contributed by atoms with Crippen molar-refractivity contribution in [2.75, 3.05) is 39.6 Å². The number of rotatable bonds is 72. The molecule has 3 N–H and O–H groups in total. The molecule has 0 aliphatic rings. The molecule has 582 valence electrons. The summed E-state index contributed by atoms with van der Waals surface area (Å²) < 4.78 is 68.5. The van der Waals surface area contributed by atoms with Crippen LogP contribution in [0.3, 0.4) is 0 Å². The summed E-state index contributed by atoms with van der Waals surface area (Å²) in [5, 5.41) is 10.6. The van der Waals surface area contributed by atoms with Gasteiger partial charge in [0.1, 0.15) is 19.3 Å². The lowest BCUT2D eigenvalue weighted by Gasteiger charge is -2.21. The highest BCUT2D eigenvalue weighted by molar-refractivity contribution is 7.47. The first-order chi connectivity index (χ1) is 49.7. The second-order valence-electron chi connectivity index (χ2n) is 25.5. The number of aliphatic hydroxyl groups excluding tert-OH is 1. The van der Waals surface area contributed by atoms with Gasteiger partial charge in [-0.15, -0.1) is 0 Å². The molecular formula is C83H138O17P2. The maximum absolute atomic E-state index is 13.1. The fourth-order valence-electron chi connectivity index (χ4n) is 9.96. The molecule has 5 unspecified atom stereocenters. The van der Waals surface area contributed by atoms with Gasteiger partial charge in [-0.3, -0.25) is 37.3 Å². The number of hydrogen-bond acceptors (Lipinski definition) is 15. The van der Waals surface area contributed by atoms with Crippen molar-refractivity contribution in [1.29, 1.82) is 0 Å². The summed E-state index contributed by atoms with van der Waals surface area (Å²) in [5.41, 5.74) is 0. The molecule has 0 aromatic heterocycles. The fraction of sp³-hybridized carbons (Fsp3) is 0.663. The van der Waals surface area contributed by atoms with E-state index in [1.807, 2.05) is 0 Å². The Morgan fingerprint density at radius 1 is 0.284 bits per heavy atom. The number of carbonyl (C=O) groups excluding carboxylic acids is 4. The molecule has 0 rings (SSSR count). The molecule has 19 heteroatoms. The largest absolute Gasteiger partial charge is 0.472 e. The number of allylic oxidation sites excluding steroid dienone is 24. The SMILES string of the molecule is CC/C=C\C/C=C\C/C=C\C/C=C\C/C=C\CCCCCC(=O)OCC(COP(=O)(O)OCC(O)COP(=O)(O)OCC(COC(=O)CCCC/C=C\C/C=C\C/C=C\C/C=C\CC)OC(=O)CCCCCCC/C=C\C/C=C\C/C=C\CC)OC(=O)CCCCCCCCCCCCCCC. The zero-order valence-corrected chi connectivity index (χ0v) is 65.3. The van der Waals surface area contributed by atoms with Gasteiger partial charge in [-0.05, 0) is 141 Å². The molecule has 5 atom stereocenters. The van der Waals surface area contributed by atoms with Crippen molar-refractivity contribution in [3.63, 3.8) is 0 Å². The standard InChI is InChI=1S/C83H138O17P2/c1-5-9-13-17-21-25-29-33-36-37-38-39-42-45-48-52-56-60-64-68-81(86)94-73-78(99-82(87)69-65-61-57-53-49-43-32-28-24-20-16-12-8-4)75-97-101(89,90)95-71-77(84)72-96-102(91,92)98-76-79(100-83(88)70-66-62-58-54-50-46-41-35-31-27-23-19-15-11-7-3)74-93-80(85)67-63-59-55-51-47-44-40-34-30-26-22-18-14-10-6-2/h9-11,13-15,21-23,25-27,33-36,38-41,45,47-48,51,77-79,84H,5-8,12,16-20,24,28-32,37,42-44,46,49-50,52-76H2,1-4H3,(H,89,90)(H,91,92)/b13-9-,14-10-,15-11-,25-21-,26-22-,27-23-,36-33-,39-38-,40-34-,41-35-,48-45-,51-47-. The first-order valence-corrected chi connectivity index (χ1v) is 42.1. The van der Waals surface area contributed by atoms with Crippen molar-refractivity contribution < 1.29 is 80.2 Å². The molecule has 17 nitrogen and oxygen atoms in total. The van der Waals surface area contributed by atoms with E-state index < -0.39 is 97.5 Å². The van der Waals surface area contributed by atoms with Crippen LogP contribution in [-0.4, -0.2) is 96.7 Å². The second-order valence-corrected chi connectivity index (χ2v) is 28.4. The van der Waals surface area contributed by atoms with Gasteiger partial charge >= 0.3 is 39.5 Å². The summed E-state index contributed by atoms with van der Waals surface area (Å²) in [6.45, 7) is 4.43. The molecule has 0 aromatic rings. The molecule has 0 amide bonds. The number of aliphatic hydroxyl groups is 1. The summed E-state index contributed by atoms with van der Waals surface area (Å²) in [7, 11) is -9.98. The van der Waals surface area contributed by atoms with Crippen molar-refractivity contribution in [3.8, 4) is 0 Å². The molecule has 0 aliphatic carbocycles. The molecule has 102 heavy (non-hydrogen) atoms. The highest BCUT2D eigenvalue weighted by Crippen LogP contribution is 2.45. The number of carbonyl (C=O) groups is 4. The van der Waals surface area contributed by atoms with E-state index in [2.05, 4.69) is 174 Å². The molecule has 0 aliphatic heterocycles. The molecule has 0 saturated carbocycles. The summed E-state index contributed by atoms with van der Waals surface area (Å²) in [5.74, 6) is -2.28. The van der Waals surface area contributed by atoms with Crippen LogP contribution in [0.2, 0.25) is 0 Å². The Labute approximate surface area is 617 Å². The molecule has 0 heterocycles. The van der Waals surface area contributed by atoms with Crippen LogP contribution in [0.25, 0.3) is 0 Å². The lowest BCUT2D eigenvalue weighted by Crippen LogP contribution is -2.30. The maximum atomic E-state index is 13.1. The maximum Gasteiger partial charge on any atom is 0.472 e. The van der Waals surface area contributed by atoms with Gasteiger partial charge < -0.3 is 33.8 Å². The van der Waals surface area contributed by atoms with Crippen LogP contribution in [0.1, 0.15) is 297 Å². The van der Waals surface area contributed by atoms with E-state index in [4.69, 9.17) is 37.0 Å². The number of ether oxygens (including phenoxy) is 4. The third kappa shape index (κ3) is 73.3. The van der Waals surface area contributed by atoms with Gasteiger partial charge in [-0.2, -0.15) is 0 Å². The highest BCUT2D eigenvalue weighted by Gasteiger charge is 2.30. The molecule has 0 bridgehead atoms. The Bertz CT molecular complexity index is 2510. The Balaban J connectivity index is 5.42. The van der Waals surface area contributed by atoms with Crippen molar-refractivity contribution in [3.05, 3.63) is 146 Å². The van der Waals surface area contributed by atoms with Crippen molar-refractivity contribution in [2.45, 2.75) is 316 Å². The van der Waals surface area contributed by atoms with Gasteiger partial charge in [0, 0.05) is 25.7 Å². The van der Waals surface area contributed by atoms with E-state index in [-0.39, 0.29) is 25.7 Å². The van der Waals surface area contributed by atoms with Gasteiger partial charge in [0.2, 0.25) is 0 Å². The zero-order valence-electron chi connectivity index (χ0n) is 63.5. The quantitative estimate of drug-likeness (QED) is 0.0169. The van der Waals surface area contributed by atoms with Gasteiger partial charge in [0.05, 0.1) is 26.4 Å². The van der Waals surface area contributed by atoms with Crippen LogP contribution in [0.15, 0.2) is 146 Å². The number of phosphoric acid groups is 2. The third-order valence-electron chi connectivity index (χ3n) is 15.8. The zero-order chi connectivity index (χ0) is 74.6. The van der Waals surface area contributed by atoms with Gasteiger partial charge in [0.15, 0.2) is 12.2 Å². The minimum Gasteiger partial charge on any atom is -0.462 e. The summed E-state index contributed by atoms with van der Waals surface area (Å²) >= 11 is 0. The van der Waals surface area contributed by atoms with Gasteiger partial charge in [-0.25, -0.2) is 9.13 Å². The van der Waals surface area contributed by atoms with Crippen LogP contribution in [0.5, 0.6) is 0 Å². The van der Waals surface area contributed by atoms with E-state index in [1.165, 1.54) is 51.4 Å². The molecule has 0 saturated heterocycles. The fourth-order valence-corrected chi connectivity index (χ4v) is 11.5. The average Bonchev–Trinajstić information content (AvgIpc) is 0.908. The average molecular weight is 1470 g/mol. The predicted octanol–water partition coefficient (Wildman–Crippen LogP) is 22.7. The smallest absolute Gasteiger partial charge is 0.462 e. The van der Waals surface area contributed by atoms with Crippen molar-refractivity contribution in [1.82, 2.24) is 0 Å². The van der Waals surface area contributed by atoms with E-state index in [0.717, 1.165) is 167 Å². The van der Waals surface area contributed by atoms with E-state index >= 15 is 0 Å². The number of hydrogen-bond donors (Lipinski definition) is 3. The number of unbranched alkanes of at least 4 members (excludes halogenated alkanes) is 22. The minimum absolute atomic E-state index is 0.0619. The number of phosphoric ester groups is 2. The molecule has 0 fully saturated rings. The van der Waals surface area contributed by atoms with Crippen LogP contribution < -0.4 is 0 Å². The predicted molar refractivity (Wildman–Crippen MR) is 417 cm³/mol. The Hall–Kier alpha value is -5.06. The molecule has 0 aromatic carbocycles. The van der Waals surface area contributed by atoms with Crippen molar-refractivity contribution >= 4 is 39.5 Å². The Morgan fingerprint density at radius 2 is 0.510 bits per heavy atom. The second kappa shape index (κ2) is 74.2. The molecule has 0 radical (unpaired) electrons. The third-order valence-corrected chi connectivity index (χ3v) is 17.7. The Kier molecular flexibility index (Phi) is 70.5. The molecular weight excluding hydrogens is 1330 g/mol. The van der Waals surface area contributed by atoms with Crippen LogP contribution in [-0.2, 0) is 65.4 Å². The van der Waals surface area contributed by atoms with Crippen LogP contribution in [0, 0.1) is 0 Å². The van der Waals surface area contributed by atoms with E-state index in [0.29, 0.717) is 25.7 Å². The van der Waals surface area contributed by atoms with Crippen LogP contribution in [0.4, 0.5) is 0 Å². The van der Waals surface area contributed by atoms with Gasteiger partial charge in [0.25, 0.3) is 0 Å². The summed E-state index contributed by atoms with van der Waals surface area (Å²) in [6, 6.07) is 0. The van der Waals surface area contributed by atoms with Gasteiger partial charge in [-0.1, -0.05) is 276 Å². The molecule has 0 spiro atoms. The first kappa shape index (κ1) is 96.9. The lowest BCUT2D eigenvalue weighted by molar-refractivity contribution is -0.161.